The molecule has 0 atom stereocenters. The first kappa shape index (κ1) is 52.0. The van der Waals surface area contributed by atoms with Crippen molar-refractivity contribution in [2.45, 2.75) is 80.8 Å². The number of hydrogen-bond donors (Lipinski definition) is 8. The van der Waals surface area contributed by atoms with Gasteiger partial charge in [0.05, 0.1) is 23.4 Å². The molecule has 20 heteroatoms. The summed E-state index contributed by atoms with van der Waals surface area (Å²) >= 11 is 0. The summed E-state index contributed by atoms with van der Waals surface area (Å²) in [6, 6.07) is 15.1. The van der Waals surface area contributed by atoms with Gasteiger partial charge in [-0.1, -0.05) is 28.7 Å². The maximum Gasteiger partial charge on any atom is 0.407 e. The van der Waals surface area contributed by atoms with Crippen molar-refractivity contribution in [3.63, 3.8) is 0 Å². The zero-order valence-corrected chi connectivity index (χ0v) is 36.3. The van der Waals surface area contributed by atoms with E-state index in [0.29, 0.717) is 80.3 Å². The van der Waals surface area contributed by atoms with E-state index in [4.69, 9.17) is 10.5 Å². The molecule has 0 aliphatic carbocycles. The van der Waals surface area contributed by atoms with Crippen molar-refractivity contribution < 1.29 is 19.1 Å². The van der Waals surface area contributed by atoms with Crippen molar-refractivity contribution in [1.82, 2.24) is 56.3 Å². The first-order chi connectivity index (χ1) is 30.5. The average molecular weight is 893 g/mol. The molecule has 6 rings (SSSR count). The normalized spacial score (nSPS) is 10.6. The number of hydrogen-bond acceptors (Lipinski definition) is 17. The van der Waals surface area contributed by atoms with Gasteiger partial charge in [-0.05, 0) is 102 Å². The van der Waals surface area contributed by atoms with Crippen LogP contribution in [0.25, 0.3) is 21.8 Å². The van der Waals surface area contributed by atoms with Crippen LogP contribution >= 0.6 is 0 Å². The lowest BCUT2D eigenvalue weighted by molar-refractivity contribution is 0.0527. The highest BCUT2D eigenvalue weighted by Gasteiger charge is 2.18. The van der Waals surface area contributed by atoms with Crippen LogP contribution in [-0.2, 0) is 4.74 Å². The quantitative estimate of drug-likeness (QED) is 0.0381. The van der Waals surface area contributed by atoms with Crippen LogP contribution in [-0.4, -0.2) is 103 Å². The lowest BCUT2D eigenvalue weighted by atomic mass is 10.2. The summed E-state index contributed by atoms with van der Waals surface area (Å²) in [7, 11) is 0. The molecule has 0 saturated heterocycles. The van der Waals surface area contributed by atoms with Crippen LogP contribution in [0.15, 0.2) is 73.3 Å². The molecule has 20 nitrogen and oxygen atoms in total. The van der Waals surface area contributed by atoms with Crippen LogP contribution in [0, 0.1) is 0 Å². The van der Waals surface area contributed by atoms with Crippen molar-refractivity contribution >= 4 is 74.6 Å². The average Bonchev–Trinajstić information content (AvgIpc) is 3.27. The molecule has 348 valence electrons. The van der Waals surface area contributed by atoms with Crippen LogP contribution < -0.4 is 43.0 Å². The van der Waals surface area contributed by atoms with Gasteiger partial charge in [0.2, 0.25) is 11.9 Å². The van der Waals surface area contributed by atoms with Gasteiger partial charge in [0.15, 0.2) is 0 Å². The predicted octanol–water partition coefficient (Wildman–Crippen LogP) is 6.97. The molecule has 0 bridgehead atoms. The van der Waals surface area contributed by atoms with Crippen molar-refractivity contribution in [2.75, 3.05) is 60.5 Å². The molecule has 9 N–H and O–H groups in total. The van der Waals surface area contributed by atoms with Gasteiger partial charge in [0.1, 0.15) is 28.4 Å². The molecule has 4 aromatic heterocycles. The molecule has 3 amide bonds. The first-order valence-electron chi connectivity index (χ1n) is 20.9. The van der Waals surface area contributed by atoms with E-state index in [9.17, 15) is 14.4 Å². The van der Waals surface area contributed by atoms with Crippen LogP contribution in [0.4, 0.5) is 39.7 Å². The Morgan fingerprint density at radius 1 is 0.631 bits per heavy atom. The Morgan fingerprint density at radius 3 is 1.54 bits per heavy atom. The van der Waals surface area contributed by atoms with Gasteiger partial charge >= 0.3 is 6.09 Å². The molecule has 4 heterocycles. The molecule has 6 aromatic rings. The van der Waals surface area contributed by atoms with Crippen molar-refractivity contribution in [2.24, 2.45) is 5.73 Å². The molecule has 0 aliphatic rings. The van der Waals surface area contributed by atoms with Crippen molar-refractivity contribution in [1.29, 1.82) is 0 Å². The molecule has 2 aromatic carbocycles. The molecule has 65 heavy (non-hydrogen) atoms. The van der Waals surface area contributed by atoms with Crippen LogP contribution in [0.2, 0.25) is 0 Å². The highest BCUT2D eigenvalue weighted by atomic mass is 16.6. The summed E-state index contributed by atoms with van der Waals surface area (Å²) in [6.07, 6.45) is 8.87. The van der Waals surface area contributed by atoms with E-state index in [0.717, 1.165) is 52.4 Å². The number of carbonyl (C=O) groups is 3. The molecule has 0 saturated carbocycles. The zero-order valence-electron chi connectivity index (χ0n) is 36.3. The topological polar surface area (TPSA) is 274 Å². The molecule has 0 radical (unpaired) electrons. The summed E-state index contributed by atoms with van der Waals surface area (Å²) in [5.41, 5.74) is 8.89. The monoisotopic (exact) mass is 893 g/mol. The van der Waals surface area contributed by atoms with Gasteiger partial charge in [-0.2, -0.15) is 30.4 Å². The minimum atomic E-state index is -0.551. The molecule has 0 unspecified atom stereocenters. The zero-order chi connectivity index (χ0) is 45.0. The minimum absolute atomic E-state index is 0. The van der Waals surface area contributed by atoms with Crippen LogP contribution in [0.5, 0.6) is 0 Å². The maximum absolute atomic E-state index is 12.8. The van der Waals surface area contributed by atoms with Gasteiger partial charge in [-0.25, -0.2) is 14.8 Å². The predicted molar refractivity (Wildman–Crippen MR) is 258 cm³/mol. The standard InChI is InChI=1S/C24H32N8O3.C19H24N8O.2CH4/c1-5-10-25-20-18(21(33)26-11-6-12-27-23(34)35-24(2,3)4)15-28-22(31-20)30-17-7-8-19-16(14-17)9-13-29-32-19;1-2-8-21-17-15(18(28)22-9-3-7-20)12-23-19(26-17)25-14-4-5-16-13(11-14)6-10-24-27-16;;/h7-9,13-15H,5-6,10-12H2,1-4H3,(H,26,33)(H,27,34)(H2,25,28,30,31);4-6,10-12H,2-3,7-9,20H2,1H3,(H,22,28)(H2,21,23,25,26);2*1H4. The van der Waals surface area contributed by atoms with Crippen molar-refractivity contribution in [3.05, 3.63) is 84.4 Å². The van der Waals surface area contributed by atoms with Crippen molar-refractivity contribution in [3.8, 4) is 0 Å². The largest absolute Gasteiger partial charge is 0.444 e. The number of anilines is 6. The number of aromatic nitrogens is 8. The number of nitrogens with one attached hydrogen (secondary N) is 7. The van der Waals surface area contributed by atoms with Gasteiger partial charge < -0.3 is 47.7 Å². The van der Waals surface area contributed by atoms with Gasteiger partial charge in [-0.3, -0.25) is 9.59 Å². The Hall–Kier alpha value is -7.35. The fraction of sp³-hybridized carbons (Fsp3) is 0.400. The second-order valence-electron chi connectivity index (χ2n) is 15.1. The molecular formula is C45H64N16O4. The third kappa shape index (κ3) is 16.7. The fourth-order valence-corrected chi connectivity index (χ4v) is 5.65. The summed E-state index contributed by atoms with van der Waals surface area (Å²) < 4.78 is 5.19. The lowest BCUT2D eigenvalue weighted by Crippen LogP contribution is -2.34. The molecule has 0 fully saturated rings. The van der Waals surface area contributed by atoms with E-state index in [-0.39, 0.29) is 26.7 Å². The number of benzene rings is 2. The number of amides is 3. The Labute approximate surface area is 380 Å². The number of rotatable bonds is 19. The van der Waals surface area contributed by atoms with Crippen LogP contribution in [0.3, 0.4) is 0 Å². The van der Waals surface area contributed by atoms with E-state index in [2.05, 4.69) is 77.5 Å². The third-order valence-electron chi connectivity index (χ3n) is 8.67. The molecule has 0 aliphatic heterocycles. The lowest BCUT2D eigenvalue weighted by Gasteiger charge is -2.19. The van der Waals surface area contributed by atoms with Gasteiger partial charge in [0.25, 0.3) is 11.8 Å². The summed E-state index contributed by atoms with van der Waals surface area (Å²) in [5, 5.41) is 38.9. The van der Waals surface area contributed by atoms with Gasteiger partial charge in [-0.15, -0.1) is 0 Å². The fourth-order valence-electron chi connectivity index (χ4n) is 5.65. The van der Waals surface area contributed by atoms with E-state index in [1.165, 1.54) is 12.4 Å². The third-order valence-corrected chi connectivity index (χ3v) is 8.67. The Balaban J connectivity index is 0.000000342. The smallest absolute Gasteiger partial charge is 0.407 e. The summed E-state index contributed by atoms with van der Waals surface area (Å²) in [5.74, 6) is 1.19. The second kappa shape index (κ2) is 26.3. The summed E-state index contributed by atoms with van der Waals surface area (Å²) in [6.45, 7) is 12.6. The Morgan fingerprint density at radius 2 is 1.09 bits per heavy atom. The highest BCUT2D eigenvalue weighted by molar-refractivity contribution is 5.99. The van der Waals surface area contributed by atoms with E-state index < -0.39 is 11.7 Å². The number of nitrogens with two attached hydrogens (primary N) is 1. The van der Waals surface area contributed by atoms with Gasteiger partial charge in [0, 0.05) is 67.3 Å². The number of fused-ring (bicyclic) bond motifs is 2. The SMILES string of the molecule is C.C.CCCNc1nc(Nc2ccc3nnccc3c2)ncc1C(=O)NCCCN.CCCNc1nc(Nc2ccc3nnccc3c2)ncc1C(=O)NCCCNC(=O)OC(C)(C)C. The Kier molecular flexibility index (Phi) is 21.1. The summed E-state index contributed by atoms with van der Waals surface area (Å²) in [4.78, 5) is 54.5. The number of nitrogens with zero attached hydrogens (tertiary/aromatic N) is 8. The molecular weight excluding hydrogens is 829 g/mol. The highest BCUT2D eigenvalue weighted by Crippen LogP contribution is 2.23. The maximum atomic E-state index is 12.8. The first-order valence-corrected chi connectivity index (χ1v) is 20.9. The van der Waals surface area contributed by atoms with Crippen LogP contribution in [0.1, 0.15) is 95.9 Å². The number of carbonyl (C=O) groups excluding carboxylic acids is 3. The minimum Gasteiger partial charge on any atom is -0.444 e. The Bertz CT molecular complexity index is 2450. The van der Waals surface area contributed by atoms with E-state index in [1.807, 2.05) is 62.4 Å². The number of alkyl carbamates (subject to hydrolysis) is 1. The molecule has 0 spiro atoms. The second-order valence-corrected chi connectivity index (χ2v) is 15.1. The van der Waals surface area contributed by atoms with E-state index in [1.54, 1.807) is 33.2 Å². The van der Waals surface area contributed by atoms with E-state index >= 15 is 0 Å². The number of ether oxygens (including phenoxy) is 1.